The van der Waals surface area contributed by atoms with Crippen molar-refractivity contribution in [2.75, 3.05) is 0 Å². The third kappa shape index (κ3) is 3.37. The summed E-state index contributed by atoms with van der Waals surface area (Å²) >= 11 is 0. The molecule has 0 saturated carbocycles. The fourth-order valence-corrected chi connectivity index (χ4v) is 1.54. The first-order valence-electron chi connectivity index (χ1n) is 5.73. The van der Waals surface area contributed by atoms with Gasteiger partial charge in [-0.1, -0.05) is 33.8 Å². The highest BCUT2D eigenvalue weighted by atomic mass is 16.5. The maximum absolute atomic E-state index is 11.0. The summed E-state index contributed by atoms with van der Waals surface area (Å²) in [6.45, 7) is 9.97. The predicted molar refractivity (Wildman–Crippen MR) is 65.9 cm³/mol. The van der Waals surface area contributed by atoms with E-state index in [9.17, 15) is 4.79 Å². The lowest BCUT2D eigenvalue weighted by atomic mass is 9.95. The van der Waals surface area contributed by atoms with E-state index in [4.69, 9.17) is 4.74 Å². The van der Waals surface area contributed by atoms with Crippen molar-refractivity contribution in [2.45, 2.75) is 46.5 Å². The Morgan fingerprint density at radius 1 is 1.00 bits per heavy atom. The highest BCUT2D eigenvalue weighted by Crippen LogP contribution is 2.27. The maximum Gasteiger partial charge on any atom is 0.308 e. The zero-order valence-corrected chi connectivity index (χ0v) is 10.7. The Labute approximate surface area is 97.6 Å². The molecular weight excluding hydrogens is 200 g/mol. The van der Waals surface area contributed by atoms with Gasteiger partial charge in [-0.25, -0.2) is 0 Å². The van der Waals surface area contributed by atoms with Crippen LogP contribution < -0.4 is 4.74 Å². The topological polar surface area (TPSA) is 26.3 Å². The van der Waals surface area contributed by atoms with Crippen molar-refractivity contribution >= 4 is 5.97 Å². The number of rotatable bonds is 3. The fourth-order valence-electron chi connectivity index (χ4n) is 1.54. The summed E-state index contributed by atoms with van der Waals surface area (Å²) < 4.78 is 5.16. The van der Waals surface area contributed by atoms with Crippen LogP contribution in [-0.2, 0) is 4.79 Å². The molecule has 0 aliphatic rings. The van der Waals surface area contributed by atoms with Gasteiger partial charge in [-0.05, 0) is 35.1 Å². The van der Waals surface area contributed by atoms with Crippen LogP contribution in [0.15, 0.2) is 18.2 Å². The Morgan fingerprint density at radius 3 is 1.75 bits per heavy atom. The first kappa shape index (κ1) is 12.8. The van der Waals surface area contributed by atoms with Crippen molar-refractivity contribution in [3.05, 3.63) is 29.3 Å². The summed E-state index contributed by atoms with van der Waals surface area (Å²) in [5, 5.41) is 0. The molecule has 0 fully saturated rings. The highest BCUT2D eigenvalue weighted by Gasteiger charge is 2.08. The largest absolute Gasteiger partial charge is 0.427 e. The van der Waals surface area contributed by atoms with Crippen LogP contribution in [0.2, 0.25) is 0 Å². The smallest absolute Gasteiger partial charge is 0.308 e. The molecule has 0 amide bonds. The van der Waals surface area contributed by atoms with Crippen LogP contribution in [0.4, 0.5) is 0 Å². The van der Waals surface area contributed by atoms with E-state index in [1.165, 1.54) is 18.1 Å². The van der Waals surface area contributed by atoms with Crippen molar-refractivity contribution in [1.82, 2.24) is 0 Å². The molecule has 0 unspecified atom stereocenters. The minimum atomic E-state index is -0.268. The van der Waals surface area contributed by atoms with Gasteiger partial charge in [-0.15, -0.1) is 0 Å². The van der Waals surface area contributed by atoms with Crippen LogP contribution in [0, 0.1) is 0 Å². The first-order valence-corrected chi connectivity index (χ1v) is 5.73. The van der Waals surface area contributed by atoms with Crippen LogP contribution in [0.25, 0.3) is 0 Å². The van der Waals surface area contributed by atoms with Gasteiger partial charge in [-0.2, -0.15) is 0 Å². The quantitative estimate of drug-likeness (QED) is 0.571. The van der Waals surface area contributed by atoms with Crippen LogP contribution in [-0.4, -0.2) is 5.97 Å². The minimum absolute atomic E-state index is 0.268. The molecule has 2 heteroatoms. The van der Waals surface area contributed by atoms with Crippen LogP contribution in [0.1, 0.15) is 57.6 Å². The zero-order valence-electron chi connectivity index (χ0n) is 10.7. The molecule has 0 spiro atoms. The molecule has 1 aromatic rings. The van der Waals surface area contributed by atoms with E-state index < -0.39 is 0 Å². The number of hydrogen-bond donors (Lipinski definition) is 0. The van der Waals surface area contributed by atoms with E-state index in [2.05, 4.69) is 33.8 Å². The molecule has 0 aliphatic heterocycles. The molecule has 2 nitrogen and oxygen atoms in total. The summed E-state index contributed by atoms with van der Waals surface area (Å²) in [5.41, 5.74) is 2.42. The van der Waals surface area contributed by atoms with E-state index in [0.29, 0.717) is 17.6 Å². The summed E-state index contributed by atoms with van der Waals surface area (Å²) in [7, 11) is 0. The van der Waals surface area contributed by atoms with Crippen molar-refractivity contribution < 1.29 is 9.53 Å². The van der Waals surface area contributed by atoms with Gasteiger partial charge in [0.2, 0.25) is 0 Å². The maximum atomic E-state index is 11.0. The molecule has 0 aliphatic carbocycles. The molecule has 1 aromatic carbocycles. The summed E-state index contributed by atoms with van der Waals surface area (Å²) in [4.78, 5) is 11.0. The number of esters is 1. The van der Waals surface area contributed by atoms with Crippen molar-refractivity contribution in [3.63, 3.8) is 0 Å². The number of carbonyl (C=O) groups is 1. The number of carbonyl (C=O) groups excluding carboxylic acids is 1. The SMILES string of the molecule is CC(=O)Oc1cc(C(C)C)cc(C(C)C)c1. The molecule has 16 heavy (non-hydrogen) atoms. The normalized spacial score (nSPS) is 10.9. The van der Waals surface area contributed by atoms with Gasteiger partial charge in [-0.3, -0.25) is 4.79 Å². The Bertz CT molecular complexity index is 352. The number of ether oxygens (including phenoxy) is 1. The van der Waals surface area contributed by atoms with Gasteiger partial charge < -0.3 is 4.74 Å². The van der Waals surface area contributed by atoms with Gasteiger partial charge >= 0.3 is 5.97 Å². The second-order valence-electron chi connectivity index (χ2n) is 4.74. The van der Waals surface area contributed by atoms with Crippen LogP contribution >= 0.6 is 0 Å². The summed E-state index contributed by atoms with van der Waals surface area (Å²) in [6, 6.07) is 6.07. The average molecular weight is 220 g/mol. The predicted octanol–water partition coefficient (Wildman–Crippen LogP) is 3.86. The van der Waals surface area contributed by atoms with Gasteiger partial charge in [0.1, 0.15) is 5.75 Å². The number of hydrogen-bond acceptors (Lipinski definition) is 2. The Balaban J connectivity index is 3.13. The monoisotopic (exact) mass is 220 g/mol. The molecule has 88 valence electrons. The van der Waals surface area contributed by atoms with E-state index in [1.54, 1.807) is 0 Å². The lowest BCUT2D eigenvalue weighted by Gasteiger charge is -2.13. The third-order valence-electron chi connectivity index (χ3n) is 2.55. The zero-order chi connectivity index (χ0) is 12.3. The van der Waals surface area contributed by atoms with Crippen molar-refractivity contribution in [3.8, 4) is 5.75 Å². The molecule has 0 radical (unpaired) electrons. The molecule has 0 saturated heterocycles. The van der Waals surface area contributed by atoms with E-state index in [-0.39, 0.29) is 5.97 Å². The van der Waals surface area contributed by atoms with E-state index in [0.717, 1.165) is 0 Å². The Kier molecular flexibility index (Phi) is 4.11. The van der Waals surface area contributed by atoms with Crippen LogP contribution in [0.5, 0.6) is 5.75 Å². The van der Waals surface area contributed by atoms with Gasteiger partial charge in [0.25, 0.3) is 0 Å². The molecule has 0 aromatic heterocycles. The fraction of sp³-hybridized carbons (Fsp3) is 0.500. The lowest BCUT2D eigenvalue weighted by molar-refractivity contribution is -0.131. The molecule has 1 rings (SSSR count). The van der Waals surface area contributed by atoms with Crippen molar-refractivity contribution in [1.29, 1.82) is 0 Å². The standard InChI is InChI=1S/C14H20O2/c1-9(2)12-6-13(10(3)4)8-14(7-12)16-11(5)15/h6-10H,1-5H3. The number of benzene rings is 1. The minimum Gasteiger partial charge on any atom is -0.427 e. The Hall–Kier alpha value is -1.31. The highest BCUT2D eigenvalue weighted by molar-refractivity contribution is 5.69. The van der Waals surface area contributed by atoms with Crippen LogP contribution in [0.3, 0.4) is 0 Å². The third-order valence-corrected chi connectivity index (χ3v) is 2.55. The van der Waals surface area contributed by atoms with Gasteiger partial charge in [0.05, 0.1) is 0 Å². The lowest BCUT2D eigenvalue weighted by Crippen LogP contribution is -2.03. The first-order chi connectivity index (χ1) is 7.40. The van der Waals surface area contributed by atoms with Crippen molar-refractivity contribution in [2.24, 2.45) is 0 Å². The Morgan fingerprint density at radius 2 is 1.44 bits per heavy atom. The molecular formula is C14H20O2. The molecule has 0 N–H and O–H groups in total. The second-order valence-corrected chi connectivity index (χ2v) is 4.74. The van der Waals surface area contributed by atoms with Gasteiger partial charge in [0.15, 0.2) is 0 Å². The molecule has 0 heterocycles. The van der Waals surface area contributed by atoms with Gasteiger partial charge in [0, 0.05) is 6.92 Å². The van der Waals surface area contributed by atoms with E-state index >= 15 is 0 Å². The second kappa shape index (κ2) is 5.15. The summed E-state index contributed by atoms with van der Waals surface area (Å²) in [6.07, 6.45) is 0. The summed E-state index contributed by atoms with van der Waals surface area (Å²) in [5.74, 6) is 1.26. The molecule has 0 atom stereocenters. The average Bonchev–Trinajstić information content (AvgIpc) is 2.15. The molecule has 0 bridgehead atoms. The van der Waals surface area contributed by atoms with E-state index in [1.807, 2.05) is 12.1 Å².